The molecule has 0 unspecified atom stereocenters. The van der Waals surface area contributed by atoms with Gasteiger partial charge in [-0.15, -0.1) is 0 Å². The van der Waals surface area contributed by atoms with Crippen LogP contribution in [0.2, 0.25) is 0 Å². The lowest BCUT2D eigenvalue weighted by atomic mass is 10.0. The van der Waals surface area contributed by atoms with Crippen LogP contribution < -0.4 is 4.90 Å². The van der Waals surface area contributed by atoms with E-state index < -0.39 is 0 Å². The highest BCUT2D eigenvalue weighted by atomic mass is 15.1. The van der Waals surface area contributed by atoms with Gasteiger partial charge in [0.05, 0.1) is 16.7 Å². The molecule has 0 radical (unpaired) electrons. The van der Waals surface area contributed by atoms with Crippen molar-refractivity contribution >= 4 is 60.4 Å². The highest BCUT2D eigenvalue weighted by molar-refractivity contribution is 6.18. The second kappa shape index (κ2) is 12.5. The van der Waals surface area contributed by atoms with Crippen molar-refractivity contribution in [2.24, 2.45) is 0 Å². The maximum Gasteiger partial charge on any atom is 0.0619 e. The molecule has 2 heteroatoms. The summed E-state index contributed by atoms with van der Waals surface area (Å²) in [6.07, 6.45) is 0. The number of anilines is 3. The van der Waals surface area contributed by atoms with Gasteiger partial charge in [-0.3, -0.25) is 0 Å². The van der Waals surface area contributed by atoms with Crippen LogP contribution in [0.3, 0.4) is 0 Å². The summed E-state index contributed by atoms with van der Waals surface area (Å²) in [6.45, 7) is 0. The van der Waals surface area contributed by atoms with E-state index in [1.54, 1.807) is 0 Å². The van der Waals surface area contributed by atoms with E-state index in [0.29, 0.717) is 0 Å². The van der Waals surface area contributed by atoms with Gasteiger partial charge in [0, 0.05) is 38.8 Å². The van der Waals surface area contributed by atoms with E-state index in [4.69, 9.17) is 0 Å². The Morgan fingerprint density at radius 3 is 1.75 bits per heavy atom. The predicted octanol–water partition coefficient (Wildman–Crippen LogP) is 13.9. The van der Waals surface area contributed by atoms with Gasteiger partial charge in [-0.2, -0.15) is 0 Å². The van der Waals surface area contributed by atoms with Gasteiger partial charge in [0.2, 0.25) is 0 Å². The third-order valence-corrected chi connectivity index (χ3v) is 10.4. The maximum atomic E-state index is 2.42. The molecule has 0 spiro atoms. The highest BCUT2D eigenvalue weighted by Gasteiger charge is 2.18. The van der Waals surface area contributed by atoms with Crippen molar-refractivity contribution < 1.29 is 0 Å². The second-order valence-electron chi connectivity index (χ2n) is 13.4. The van der Waals surface area contributed by atoms with Crippen molar-refractivity contribution in [2.75, 3.05) is 4.90 Å². The lowest BCUT2D eigenvalue weighted by Gasteiger charge is -2.28. The molecular formula is C50H34N2. The quantitative estimate of drug-likeness (QED) is 0.172. The zero-order chi connectivity index (χ0) is 34.4. The van der Waals surface area contributed by atoms with Crippen molar-refractivity contribution in [1.29, 1.82) is 0 Å². The molecule has 0 atom stereocenters. The molecule has 0 aliphatic rings. The summed E-state index contributed by atoms with van der Waals surface area (Å²) in [4.78, 5) is 2.38. The molecule has 1 aromatic heterocycles. The molecule has 2 nitrogen and oxygen atoms in total. The third-order valence-electron chi connectivity index (χ3n) is 10.4. The molecule has 52 heavy (non-hydrogen) atoms. The maximum absolute atomic E-state index is 2.42. The number of hydrogen-bond donors (Lipinski definition) is 0. The van der Waals surface area contributed by atoms with Gasteiger partial charge in [0.15, 0.2) is 0 Å². The Balaban J connectivity index is 1.06. The first kappa shape index (κ1) is 30.0. The van der Waals surface area contributed by atoms with E-state index in [9.17, 15) is 0 Å². The largest absolute Gasteiger partial charge is 0.310 e. The van der Waals surface area contributed by atoms with Crippen LogP contribution in [-0.2, 0) is 0 Å². The van der Waals surface area contributed by atoms with Crippen molar-refractivity contribution in [1.82, 2.24) is 4.57 Å². The van der Waals surface area contributed by atoms with Gasteiger partial charge in [-0.25, -0.2) is 0 Å². The molecule has 0 aliphatic carbocycles. The molecule has 10 aromatic rings. The van der Waals surface area contributed by atoms with Crippen LogP contribution in [0, 0.1) is 0 Å². The van der Waals surface area contributed by atoms with E-state index in [-0.39, 0.29) is 0 Å². The van der Waals surface area contributed by atoms with Crippen molar-refractivity contribution in [3.05, 3.63) is 206 Å². The fourth-order valence-corrected chi connectivity index (χ4v) is 7.88. The minimum Gasteiger partial charge on any atom is -0.310 e. The van der Waals surface area contributed by atoms with Gasteiger partial charge in [-0.05, 0) is 81.4 Å². The average Bonchev–Trinajstić information content (AvgIpc) is 3.57. The molecule has 0 saturated carbocycles. The number of benzene rings is 9. The molecule has 0 N–H and O–H groups in total. The van der Waals surface area contributed by atoms with E-state index in [1.165, 1.54) is 65.6 Å². The van der Waals surface area contributed by atoms with Crippen molar-refractivity contribution in [3.8, 4) is 27.9 Å². The summed E-state index contributed by atoms with van der Waals surface area (Å²) in [6, 6.07) is 74.6. The Bertz CT molecular complexity index is 2880. The topological polar surface area (TPSA) is 8.17 Å². The SMILES string of the molecule is c1ccc(-c2ccccc2N(c2ccc(-c3ccc(-n4c5ccccc5c5ccc6ccccc6c54)cc3)cc2)c2ccc3ccccc3c2)cc1. The summed E-state index contributed by atoms with van der Waals surface area (Å²) in [5, 5.41) is 7.51. The summed E-state index contributed by atoms with van der Waals surface area (Å²) in [7, 11) is 0. The number of aromatic nitrogens is 1. The van der Waals surface area contributed by atoms with E-state index >= 15 is 0 Å². The molecule has 0 saturated heterocycles. The Kier molecular flexibility index (Phi) is 7.18. The van der Waals surface area contributed by atoms with Crippen molar-refractivity contribution in [2.45, 2.75) is 0 Å². The standard InChI is InChI=1S/C50H34N2/c1-2-13-38(14-3-1)44-17-8-10-20-48(44)51(43-32-26-35-12-4-5-16-40(35)34-43)41-28-22-36(23-29-41)37-24-30-42(31-25-37)52-49-21-11-9-19-46(49)47-33-27-39-15-6-7-18-45(39)50(47)52/h1-34H. The van der Waals surface area contributed by atoms with Crippen LogP contribution in [0.25, 0.3) is 71.3 Å². The van der Waals surface area contributed by atoms with Gasteiger partial charge >= 0.3 is 0 Å². The van der Waals surface area contributed by atoms with Gasteiger partial charge in [0.25, 0.3) is 0 Å². The predicted molar refractivity (Wildman–Crippen MR) is 221 cm³/mol. The average molecular weight is 663 g/mol. The van der Waals surface area contributed by atoms with Crippen LogP contribution in [0.4, 0.5) is 17.1 Å². The molecular weight excluding hydrogens is 629 g/mol. The molecule has 0 amide bonds. The summed E-state index contributed by atoms with van der Waals surface area (Å²) in [5.41, 5.74) is 11.7. The molecule has 244 valence electrons. The molecule has 9 aromatic carbocycles. The Morgan fingerprint density at radius 1 is 0.346 bits per heavy atom. The first-order chi connectivity index (χ1) is 25.8. The Hall–Kier alpha value is -6.90. The highest BCUT2D eigenvalue weighted by Crippen LogP contribution is 2.42. The first-order valence-corrected chi connectivity index (χ1v) is 17.9. The number of hydrogen-bond acceptors (Lipinski definition) is 1. The molecule has 1 heterocycles. The molecule has 0 fully saturated rings. The van der Waals surface area contributed by atoms with E-state index in [1.807, 2.05) is 0 Å². The molecule has 0 bridgehead atoms. The lowest BCUT2D eigenvalue weighted by Crippen LogP contribution is -2.11. The zero-order valence-corrected chi connectivity index (χ0v) is 28.5. The minimum absolute atomic E-state index is 1.11. The van der Waals surface area contributed by atoms with E-state index in [2.05, 4.69) is 216 Å². The van der Waals surface area contributed by atoms with Crippen LogP contribution in [-0.4, -0.2) is 4.57 Å². The van der Waals surface area contributed by atoms with Crippen LogP contribution in [0.5, 0.6) is 0 Å². The zero-order valence-electron chi connectivity index (χ0n) is 28.5. The number of fused-ring (bicyclic) bond motifs is 6. The summed E-state index contributed by atoms with van der Waals surface area (Å²) < 4.78 is 2.42. The fourth-order valence-electron chi connectivity index (χ4n) is 7.88. The van der Waals surface area contributed by atoms with Crippen LogP contribution in [0.1, 0.15) is 0 Å². The lowest BCUT2D eigenvalue weighted by molar-refractivity contribution is 1.19. The monoisotopic (exact) mass is 662 g/mol. The first-order valence-electron chi connectivity index (χ1n) is 17.9. The van der Waals surface area contributed by atoms with Crippen molar-refractivity contribution in [3.63, 3.8) is 0 Å². The van der Waals surface area contributed by atoms with Gasteiger partial charge < -0.3 is 9.47 Å². The second-order valence-corrected chi connectivity index (χ2v) is 13.4. The minimum atomic E-state index is 1.11. The fraction of sp³-hybridized carbons (Fsp3) is 0. The number of nitrogens with zero attached hydrogens (tertiary/aromatic N) is 2. The smallest absolute Gasteiger partial charge is 0.0619 e. The Labute approximate surface area is 303 Å². The molecule has 0 aliphatic heterocycles. The van der Waals surface area contributed by atoms with Crippen LogP contribution in [0.15, 0.2) is 206 Å². The normalized spacial score (nSPS) is 11.5. The number of para-hydroxylation sites is 2. The summed E-state index contributed by atoms with van der Waals surface area (Å²) >= 11 is 0. The van der Waals surface area contributed by atoms with Crippen LogP contribution >= 0.6 is 0 Å². The van der Waals surface area contributed by atoms with E-state index in [0.717, 1.165) is 22.7 Å². The molecule has 10 rings (SSSR count). The third kappa shape index (κ3) is 5.04. The summed E-state index contributed by atoms with van der Waals surface area (Å²) in [5.74, 6) is 0. The van der Waals surface area contributed by atoms with Gasteiger partial charge in [0.1, 0.15) is 0 Å². The Morgan fingerprint density at radius 2 is 0.942 bits per heavy atom. The number of rotatable bonds is 6. The van der Waals surface area contributed by atoms with Gasteiger partial charge in [-0.1, -0.05) is 158 Å².